The third-order valence-electron chi connectivity index (χ3n) is 3.61. The molecule has 3 rings (SSSR count). The smallest absolute Gasteiger partial charge is 0.156 e. The molecule has 0 amide bonds. The Hall–Kier alpha value is -0.590. The van der Waals surface area contributed by atoms with Crippen LogP contribution in [0.15, 0.2) is 11.6 Å². The molecule has 0 aromatic heterocycles. The molecule has 0 aromatic rings. The van der Waals surface area contributed by atoms with Crippen molar-refractivity contribution in [3.8, 4) is 0 Å². The van der Waals surface area contributed by atoms with Crippen LogP contribution in [0.3, 0.4) is 0 Å². The minimum absolute atomic E-state index is 0.310. The highest BCUT2D eigenvalue weighted by Crippen LogP contribution is 2.66. The molecule has 0 spiro atoms. The zero-order chi connectivity index (χ0) is 7.64. The van der Waals surface area contributed by atoms with Gasteiger partial charge in [-0.05, 0) is 36.2 Å². The molecule has 3 aliphatic rings. The SMILES string of the molecule is C[C@]12CC(=O)C=C1[C@H]1C[C@H]1C2. The molecule has 0 aromatic carbocycles. The van der Waals surface area contributed by atoms with Crippen molar-refractivity contribution in [2.45, 2.75) is 26.2 Å². The highest BCUT2D eigenvalue weighted by molar-refractivity contribution is 5.95. The summed E-state index contributed by atoms with van der Waals surface area (Å²) in [7, 11) is 0. The van der Waals surface area contributed by atoms with Gasteiger partial charge in [-0.15, -0.1) is 0 Å². The second-order valence-electron chi connectivity index (χ2n) is 4.61. The maximum absolute atomic E-state index is 11.1. The molecule has 2 fully saturated rings. The van der Waals surface area contributed by atoms with Gasteiger partial charge in [-0.2, -0.15) is 0 Å². The van der Waals surface area contributed by atoms with Crippen LogP contribution in [0.2, 0.25) is 0 Å². The van der Waals surface area contributed by atoms with Crippen LogP contribution in [0.1, 0.15) is 26.2 Å². The summed E-state index contributed by atoms with van der Waals surface area (Å²) in [6.45, 7) is 2.26. The number of allylic oxidation sites excluding steroid dienone is 2. The first-order valence-corrected chi connectivity index (χ1v) is 4.44. The first-order valence-electron chi connectivity index (χ1n) is 4.44. The fraction of sp³-hybridized carbons (Fsp3) is 0.700. The Morgan fingerprint density at radius 1 is 1.64 bits per heavy atom. The first-order chi connectivity index (χ1) is 5.19. The Morgan fingerprint density at radius 2 is 2.45 bits per heavy atom. The lowest BCUT2D eigenvalue weighted by Crippen LogP contribution is -2.13. The zero-order valence-corrected chi connectivity index (χ0v) is 6.76. The molecule has 1 heteroatoms. The van der Waals surface area contributed by atoms with Crippen molar-refractivity contribution in [3.05, 3.63) is 11.6 Å². The quantitative estimate of drug-likeness (QED) is 0.513. The van der Waals surface area contributed by atoms with E-state index in [0.29, 0.717) is 11.2 Å². The minimum Gasteiger partial charge on any atom is -0.295 e. The van der Waals surface area contributed by atoms with Crippen LogP contribution in [-0.4, -0.2) is 5.78 Å². The molecule has 0 unspecified atom stereocenters. The van der Waals surface area contributed by atoms with Crippen LogP contribution in [-0.2, 0) is 4.79 Å². The van der Waals surface area contributed by atoms with Gasteiger partial charge in [0.25, 0.3) is 0 Å². The summed E-state index contributed by atoms with van der Waals surface area (Å²) in [5.74, 6) is 2.15. The lowest BCUT2D eigenvalue weighted by Gasteiger charge is -2.21. The van der Waals surface area contributed by atoms with E-state index in [0.717, 1.165) is 18.3 Å². The lowest BCUT2D eigenvalue weighted by atomic mass is 9.82. The van der Waals surface area contributed by atoms with E-state index in [1.807, 2.05) is 6.08 Å². The molecule has 0 heterocycles. The number of rotatable bonds is 0. The summed E-state index contributed by atoms with van der Waals surface area (Å²) in [5, 5.41) is 0. The summed E-state index contributed by atoms with van der Waals surface area (Å²) < 4.78 is 0. The van der Waals surface area contributed by atoms with Gasteiger partial charge < -0.3 is 0 Å². The number of hydrogen-bond donors (Lipinski definition) is 0. The van der Waals surface area contributed by atoms with Gasteiger partial charge in [0.2, 0.25) is 0 Å². The van der Waals surface area contributed by atoms with Crippen LogP contribution in [0.4, 0.5) is 0 Å². The second-order valence-corrected chi connectivity index (χ2v) is 4.61. The van der Waals surface area contributed by atoms with Crippen molar-refractivity contribution in [1.29, 1.82) is 0 Å². The van der Waals surface area contributed by atoms with Crippen LogP contribution >= 0.6 is 0 Å². The highest BCUT2D eigenvalue weighted by atomic mass is 16.1. The molecule has 2 saturated carbocycles. The van der Waals surface area contributed by atoms with E-state index >= 15 is 0 Å². The Labute approximate surface area is 66.5 Å². The molecule has 0 radical (unpaired) electrons. The van der Waals surface area contributed by atoms with E-state index in [1.165, 1.54) is 18.4 Å². The molecule has 0 saturated heterocycles. The van der Waals surface area contributed by atoms with E-state index in [9.17, 15) is 4.79 Å². The van der Waals surface area contributed by atoms with Crippen molar-refractivity contribution < 1.29 is 4.79 Å². The van der Waals surface area contributed by atoms with Gasteiger partial charge in [0.05, 0.1) is 0 Å². The fourth-order valence-electron chi connectivity index (χ4n) is 3.06. The van der Waals surface area contributed by atoms with E-state index < -0.39 is 0 Å². The Balaban J connectivity index is 2.09. The third-order valence-corrected chi connectivity index (χ3v) is 3.61. The van der Waals surface area contributed by atoms with Crippen molar-refractivity contribution in [3.63, 3.8) is 0 Å². The number of hydrogen-bond acceptors (Lipinski definition) is 1. The molecule has 0 N–H and O–H groups in total. The van der Waals surface area contributed by atoms with Gasteiger partial charge in [0.1, 0.15) is 0 Å². The Bertz CT molecular complexity index is 277. The monoisotopic (exact) mass is 148 g/mol. The number of carbonyl (C=O) groups excluding carboxylic acids is 1. The van der Waals surface area contributed by atoms with Crippen molar-refractivity contribution >= 4 is 5.78 Å². The van der Waals surface area contributed by atoms with E-state index in [2.05, 4.69) is 6.92 Å². The zero-order valence-electron chi connectivity index (χ0n) is 6.76. The van der Waals surface area contributed by atoms with Gasteiger partial charge in [0, 0.05) is 6.42 Å². The second kappa shape index (κ2) is 1.45. The molecule has 58 valence electrons. The molecular weight excluding hydrogens is 136 g/mol. The van der Waals surface area contributed by atoms with Gasteiger partial charge in [-0.25, -0.2) is 0 Å². The first kappa shape index (κ1) is 5.99. The van der Waals surface area contributed by atoms with Crippen LogP contribution < -0.4 is 0 Å². The predicted molar refractivity (Wildman–Crippen MR) is 42.0 cm³/mol. The van der Waals surface area contributed by atoms with Crippen molar-refractivity contribution in [2.24, 2.45) is 17.3 Å². The summed E-state index contributed by atoms with van der Waals surface area (Å²) in [5.41, 5.74) is 1.80. The van der Waals surface area contributed by atoms with Crippen LogP contribution in [0.5, 0.6) is 0 Å². The standard InChI is InChI=1S/C10H12O/c1-10-4-6-2-8(6)9(10)3-7(11)5-10/h3,6,8H,2,4-5H2,1H3/t6-,8-,10-/m0/s1. The van der Waals surface area contributed by atoms with E-state index in [-0.39, 0.29) is 0 Å². The molecule has 0 bridgehead atoms. The van der Waals surface area contributed by atoms with Gasteiger partial charge in [-0.1, -0.05) is 12.5 Å². The Morgan fingerprint density at radius 3 is 3.18 bits per heavy atom. The molecule has 0 aliphatic heterocycles. The number of ketones is 1. The Kier molecular flexibility index (Phi) is 0.790. The summed E-state index contributed by atoms with van der Waals surface area (Å²) in [4.78, 5) is 11.1. The molecule has 3 atom stereocenters. The summed E-state index contributed by atoms with van der Waals surface area (Å²) in [6.07, 6.45) is 5.39. The maximum atomic E-state index is 11.1. The molecular formula is C10H12O. The predicted octanol–water partition coefficient (Wildman–Crippen LogP) is 1.93. The van der Waals surface area contributed by atoms with E-state index in [1.54, 1.807) is 0 Å². The average Bonchev–Trinajstić information content (AvgIpc) is 2.46. The van der Waals surface area contributed by atoms with Crippen LogP contribution in [0.25, 0.3) is 0 Å². The normalized spacial score (nSPS) is 52.1. The number of fused-ring (bicyclic) bond motifs is 3. The molecule has 11 heavy (non-hydrogen) atoms. The fourth-order valence-corrected chi connectivity index (χ4v) is 3.06. The highest BCUT2D eigenvalue weighted by Gasteiger charge is 2.57. The van der Waals surface area contributed by atoms with Crippen molar-refractivity contribution in [2.75, 3.05) is 0 Å². The lowest BCUT2D eigenvalue weighted by molar-refractivity contribution is -0.115. The van der Waals surface area contributed by atoms with Gasteiger partial charge in [0.15, 0.2) is 5.78 Å². The maximum Gasteiger partial charge on any atom is 0.156 e. The van der Waals surface area contributed by atoms with Crippen molar-refractivity contribution in [1.82, 2.24) is 0 Å². The minimum atomic E-state index is 0.310. The summed E-state index contributed by atoms with van der Waals surface area (Å²) in [6, 6.07) is 0. The molecule has 3 aliphatic carbocycles. The number of carbonyl (C=O) groups is 1. The average molecular weight is 148 g/mol. The van der Waals surface area contributed by atoms with E-state index in [4.69, 9.17) is 0 Å². The molecule has 1 nitrogen and oxygen atoms in total. The van der Waals surface area contributed by atoms with Gasteiger partial charge in [-0.3, -0.25) is 4.79 Å². The summed E-state index contributed by atoms with van der Waals surface area (Å²) >= 11 is 0. The van der Waals surface area contributed by atoms with Crippen LogP contribution in [0, 0.1) is 17.3 Å². The topological polar surface area (TPSA) is 17.1 Å². The van der Waals surface area contributed by atoms with Gasteiger partial charge >= 0.3 is 0 Å². The third kappa shape index (κ3) is 0.597. The largest absolute Gasteiger partial charge is 0.295 e.